The summed E-state index contributed by atoms with van der Waals surface area (Å²) in [5.74, 6) is -0.251. The number of benzene rings is 1. The minimum Gasteiger partial charge on any atom is -0.387 e. The van der Waals surface area contributed by atoms with E-state index >= 15 is 0 Å². The largest absolute Gasteiger partial charge is 0.387 e. The number of guanidine groups is 1. The second kappa shape index (κ2) is 5.80. The van der Waals surface area contributed by atoms with Crippen LogP contribution in [0.2, 0.25) is 0 Å². The number of hydrogen-bond donors (Lipinski definition) is 2. The molecule has 0 heterocycles. The molecule has 0 spiro atoms. The fraction of sp³-hybridized carbons (Fsp3) is 0.273. The summed E-state index contributed by atoms with van der Waals surface area (Å²) in [6.45, 7) is -0.909. The molecule has 1 aromatic rings. The number of amidine groups is 1. The van der Waals surface area contributed by atoms with Crippen molar-refractivity contribution in [3.63, 3.8) is 0 Å². The van der Waals surface area contributed by atoms with Gasteiger partial charge in [0.05, 0.1) is 11.3 Å². The van der Waals surface area contributed by atoms with Gasteiger partial charge in [0.1, 0.15) is 0 Å². The van der Waals surface area contributed by atoms with Gasteiger partial charge < -0.3 is 11.5 Å². The summed E-state index contributed by atoms with van der Waals surface area (Å²) in [7, 11) is 0. The predicted molar refractivity (Wildman–Crippen MR) is 63.9 cm³/mol. The van der Waals surface area contributed by atoms with Crippen molar-refractivity contribution in [2.24, 2.45) is 21.5 Å². The Morgan fingerprint density at radius 3 is 3.07 bits per heavy atom. The number of hydrogen-bond acceptors (Lipinski definition) is 1. The third-order valence-electron chi connectivity index (χ3n) is 1.36. The first-order valence-corrected chi connectivity index (χ1v) is 4.29. The van der Waals surface area contributed by atoms with E-state index in [9.17, 15) is 0 Å². The summed E-state index contributed by atoms with van der Waals surface area (Å²) in [4.78, 5) is 7.12. The Kier molecular flexibility index (Phi) is 2.28. The molecule has 0 aliphatic carbocycles. The Balaban J connectivity index is 3.14. The molecule has 0 aliphatic heterocycles. The van der Waals surface area contributed by atoms with Crippen molar-refractivity contribution in [3.05, 3.63) is 35.8 Å². The van der Waals surface area contributed by atoms with Gasteiger partial charge in [0.2, 0.25) is 5.96 Å². The van der Waals surface area contributed by atoms with Gasteiger partial charge in [-0.1, -0.05) is 30.3 Å². The molecule has 0 saturated heterocycles. The fourth-order valence-electron chi connectivity index (χ4n) is 0.823. The number of nitrogens with zero attached hydrogens (tertiary/aromatic N) is 2. The molecule has 1 unspecified atom stereocenters. The molecule has 1 rings (SSSR count). The van der Waals surface area contributed by atoms with Gasteiger partial charge in [-0.15, -0.1) is 0 Å². The van der Waals surface area contributed by atoms with E-state index in [4.69, 9.17) is 18.3 Å². The van der Waals surface area contributed by atoms with Crippen LogP contribution in [0, 0.1) is 0 Å². The van der Waals surface area contributed by atoms with E-state index in [0.29, 0.717) is 0 Å². The molecule has 0 saturated carbocycles. The Labute approximate surface area is 96.8 Å². The maximum absolute atomic E-state index is 7.91. The molecule has 0 amide bonds. The van der Waals surface area contributed by atoms with Crippen molar-refractivity contribution < 1.29 is 6.85 Å². The van der Waals surface area contributed by atoms with Crippen molar-refractivity contribution in [1.29, 1.82) is 0 Å². The molecule has 0 bridgehead atoms. The highest BCUT2D eigenvalue weighted by Gasteiger charge is 1.91. The van der Waals surface area contributed by atoms with E-state index in [1.165, 1.54) is 25.1 Å². The summed E-state index contributed by atoms with van der Waals surface area (Å²) >= 11 is 0. The molecule has 0 aromatic heterocycles. The van der Waals surface area contributed by atoms with Crippen LogP contribution in [0.4, 0.5) is 0 Å². The molecule has 0 aliphatic rings. The van der Waals surface area contributed by atoms with Gasteiger partial charge in [-0.2, -0.15) is 0 Å². The van der Waals surface area contributed by atoms with Crippen LogP contribution in [0.1, 0.15) is 19.3 Å². The summed E-state index contributed by atoms with van der Waals surface area (Å²) in [5, 5.41) is 0. The molecule has 4 N–H and O–H groups in total. The molecular weight excluding hydrogens is 188 g/mol. The Morgan fingerprint density at radius 2 is 2.33 bits per heavy atom. The summed E-state index contributed by atoms with van der Waals surface area (Å²) in [6.07, 6.45) is -1.49. The normalized spacial score (nSPS) is 20.7. The van der Waals surface area contributed by atoms with Crippen molar-refractivity contribution in [3.8, 4) is 0 Å². The topological polar surface area (TPSA) is 76.8 Å². The molecule has 0 radical (unpaired) electrons. The second-order valence-corrected chi connectivity index (χ2v) is 2.74. The van der Waals surface area contributed by atoms with Gasteiger partial charge in [0.25, 0.3) is 0 Å². The first kappa shape index (κ1) is 5.90. The zero-order valence-corrected chi connectivity index (χ0v) is 8.36. The van der Waals surface area contributed by atoms with Crippen LogP contribution in [-0.2, 0) is 6.40 Å². The van der Waals surface area contributed by atoms with Gasteiger partial charge in [0, 0.05) is 7.87 Å². The van der Waals surface area contributed by atoms with Gasteiger partial charge in [-0.3, -0.25) is 4.99 Å². The van der Waals surface area contributed by atoms with E-state index in [1.807, 2.05) is 0 Å². The summed E-state index contributed by atoms with van der Waals surface area (Å²) in [5.41, 5.74) is 10.8. The number of aliphatic imine (C=N–C) groups is 2. The quantitative estimate of drug-likeness (QED) is 0.573. The average molecular weight is 209 g/mol. The lowest BCUT2D eigenvalue weighted by Gasteiger charge is -1.97. The minimum atomic E-state index is -2.38. The highest BCUT2D eigenvalue weighted by Crippen LogP contribution is 1.99. The molecule has 4 heteroatoms. The zero-order valence-electron chi connectivity index (χ0n) is 13.4. The molecule has 15 heavy (non-hydrogen) atoms. The number of nitrogens with two attached hydrogens (primary N) is 2. The molecule has 80 valence electrons. The van der Waals surface area contributed by atoms with Crippen LogP contribution in [0.3, 0.4) is 0 Å². The average Bonchev–Trinajstić information content (AvgIpc) is 2.29. The van der Waals surface area contributed by atoms with Crippen LogP contribution in [0.5, 0.6) is 0 Å². The molecule has 0 fully saturated rings. The Hall–Kier alpha value is -1.84. The third-order valence-corrected chi connectivity index (χ3v) is 1.36. The fourth-order valence-corrected chi connectivity index (χ4v) is 0.823. The zero-order chi connectivity index (χ0) is 15.5. The first-order valence-electron chi connectivity index (χ1n) is 6.86. The minimum absolute atomic E-state index is 0.0304. The standard InChI is InChI=1S/C11H16N4/c1-9(12)15-11(13)14-8-7-10-5-3-2-4-6-10/h2-6H,7-8H2,1H3,(H4,12,13,14,15)/i3D,6D,7D,8D2. The molecule has 1 aromatic carbocycles. The molecule has 4 nitrogen and oxygen atoms in total. The van der Waals surface area contributed by atoms with Crippen LogP contribution >= 0.6 is 0 Å². The van der Waals surface area contributed by atoms with Crippen molar-refractivity contribution in [2.45, 2.75) is 13.3 Å². The van der Waals surface area contributed by atoms with Gasteiger partial charge in [0.15, 0.2) is 0 Å². The van der Waals surface area contributed by atoms with Crippen LogP contribution < -0.4 is 11.5 Å². The van der Waals surface area contributed by atoms with Gasteiger partial charge in [-0.05, 0) is 18.9 Å². The number of aryl methyl sites for hydroxylation is 1. The first-order chi connectivity index (χ1) is 9.13. The predicted octanol–water partition coefficient (Wildman–Crippen LogP) is 0.921. The second-order valence-electron chi connectivity index (χ2n) is 2.74. The van der Waals surface area contributed by atoms with E-state index in [1.54, 1.807) is 0 Å². The van der Waals surface area contributed by atoms with Gasteiger partial charge in [-0.25, -0.2) is 4.99 Å². The van der Waals surface area contributed by atoms with Crippen molar-refractivity contribution in [1.82, 2.24) is 0 Å². The number of rotatable bonds is 3. The highest BCUT2D eigenvalue weighted by atomic mass is 15.1. The van der Waals surface area contributed by atoms with Gasteiger partial charge >= 0.3 is 0 Å². The third kappa shape index (κ3) is 4.81. The highest BCUT2D eigenvalue weighted by molar-refractivity contribution is 5.93. The molecular formula is C11H16N4. The SMILES string of the molecule is [2H]c1ccc([2H])c(C([2H])C([2H])([2H])N=C(N)N=C(C)N)c1. The van der Waals surface area contributed by atoms with Crippen LogP contribution in [0.15, 0.2) is 40.3 Å². The van der Waals surface area contributed by atoms with Crippen LogP contribution in [-0.4, -0.2) is 18.3 Å². The van der Waals surface area contributed by atoms with Crippen LogP contribution in [0.25, 0.3) is 0 Å². The Bertz CT molecular complexity index is 552. The van der Waals surface area contributed by atoms with E-state index in [0.717, 1.165) is 0 Å². The van der Waals surface area contributed by atoms with Crippen molar-refractivity contribution >= 4 is 11.8 Å². The van der Waals surface area contributed by atoms with Crippen molar-refractivity contribution in [2.75, 3.05) is 6.50 Å². The maximum Gasteiger partial charge on any atom is 0.216 e. The lowest BCUT2D eigenvalue weighted by Crippen LogP contribution is -2.16. The monoisotopic (exact) mass is 209 g/mol. The van der Waals surface area contributed by atoms with E-state index in [2.05, 4.69) is 9.98 Å². The lowest BCUT2D eigenvalue weighted by molar-refractivity contribution is 0.962. The maximum atomic E-state index is 7.91. The van der Waals surface area contributed by atoms with E-state index < -0.39 is 12.9 Å². The summed E-state index contributed by atoms with van der Waals surface area (Å²) in [6, 6.07) is 4.06. The smallest absolute Gasteiger partial charge is 0.216 e. The Morgan fingerprint density at radius 1 is 1.53 bits per heavy atom. The van der Waals surface area contributed by atoms with E-state index in [-0.39, 0.29) is 29.4 Å². The lowest BCUT2D eigenvalue weighted by atomic mass is 10.2. The summed E-state index contributed by atoms with van der Waals surface area (Å²) < 4.78 is 38.6. The molecule has 1 atom stereocenters.